The van der Waals surface area contributed by atoms with Crippen molar-refractivity contribution >= 4 is 22.9 Å². The quantitative estimate of drug-likeness (QED) is 0.914. The molecule has 0 aliphatic carbocycles. The monoisotopic (exact) mass is 253 g/mol. The molecule has 2 aromatic heterocycles. The lowest BCUT2D eigenvalue weighted by Crippen LogP contribution is -2.19. The van der Waals surface area contributed by atoms with Gasteiger partial charge in [0.05, 0.1) is 4.34 Å². The molecular weight excluding hydrogens is 242 g/mol. The number of halogens is 1. The lowest BCUT2D eigenvalue weighted by molar-refractivity contribution is 0.655. The van der Waals surface area contributed by atoms with E-state index in [0.29, 0.717) is 0 Å². The van der Waals surface area contributed by atoms with E-state index in [1.807, 2.05) is 38.5 Å². The molecular formula is C11H12ClN3S. The summed E-state index contributed by atoms with van der Waals surface area (Å²) >= 11 is 7.47. The zero-order valence-corrected chi connectivity index (χ0v) is 10.6. The van der Waals surface area contributed by atoms with E-state index in [-0.39, 0.29) is 6.04 Å². The van der Waals surface area contributed by atoms with Gasteiger partial charge in [0.15, 0.2) is 0 Å². The van der Waals surface area contributed by atoms with Gasteiger partial charge in [-0.15, -0.1) is 11.3 Å². The van der Waals surface area contributed by atoms with Gasteiger partial charge in [-0.1, -0.05) is 11.6 Å². The second-order valence-electron chi connectivity index (χ2n) is 3.48. The van der Waals surface area contributed by atoms with E-state index >= 15 is 0 Å². The van der Waals surface area contributed by atoms with Gasteiger partial charge in [-0.25, -0.2) is 9.97 Å². The van der Waals surface area contributed by atoms with Crippen LogP contribution in [0.15, 0.2) is 24.5 Å². The highest BCUT2D eigenvalue weighted by atomic mass is 35.5. The summed E-state index contributed by atoms with van der Waals surface area (Å²) < 4.78 is 0.780. The van der Waals surface area contributed by atoms with Gasteiger partial charge in [-0.3, -0.25) is 0 Å². The molecule has 0 aliphatic heterocycles. The molecule has 0 radical (unpaired) electrons. The molecule has 0 aromatic carbocycles. The van der Waals surface area contributed by atoms with Crippen LogP contribution in [0.5, 0.6) is 0 Å². The summed E-state index contributed by atoms with van der Waals surface area (Å²) in [5, 5.41) is 3.19. The molecule has 1 N–H and O–H groups in total. The maximum Gasteiger partial charge on any atom is 0.150 e. The van der Waals surface area contributed by atoms with Crippen LogP contribution < -0.4 is 5.32 Å². The lowest BCUT2D eigenvalue weighted by atomic mass is 10.2. The molecule has 1 atom stereocenters. The zero-order valence-electron chi connectivity index (χ0n) is 9.07. The average Bonchev–Trinajstić information content (AvgIpc) is 2.69. The lowest BCUT2D eigenvalue weighted by Gasteiger charge is -2.12. The molecule has 0 aliphatic rings. The fourth-order valence-corrected chi connectivity index (χ4v) is 2.60. The molecule has 2 aromatic rings. The molecule has 0 bridgehead atoms. The number of nitrogens with one attached hydrogen (secondary N) is 1. The zero-order chi connectivity index (χ0) is 11.5. The van der Waals surface area contributed by atoms with Crippen molar-refractivity contribution in [2.24, 2.45) is 0 Å². The second kappa shape index (κ2) is 4.91. The Kier molecular flexibility index (Phi) is 3.53. The standard InChI is InChI=1S/C11H12ClN3S/c1-7-5-14-11(15-6-7)10(13-2)8-3-4-9(12)16-8/h3-6,10,13H,1-2H3. The molecule has 1 unspecified atom stereocenters. The van der Waals surface area contributed by atoms with Gasteiger partial charge in [-0.2, -0.15) is 0 Å². The van der Waals surface area contributed by atoms with E-state index in [1.54, 1.807) is 11.3 Å². The summed E-state index contributed by atoms with van der Waals surface area (Å²) in [4.78, 5) is 9.77. The van der Waals surface area contributed by atoms with E-state index in [9.17, 15) is 0 Å². The highest BCUT2D eigenvalue weighted by molar-refractivity contribution is 7.16. The number of hydrogen-bond acceptors (Lipinski definition) is 4. The van der Waals surface area contributed by atoms with Crippen molar-refractivity contribution in [1.82, 2.24) is 15.3 Å². The van der Waals surface area contributed by atoms with Crippen LogP contribution in [0.3, 0.4) is 0 Å². The predicted molar refractivity (Wildman–Crippen MR) is 67.0 cm³/mol. The van der Waals surface area contributed by atoms with Gasteiger partial charge in [0.1, 0.15) is 11.9 Å². The van der Waals surface area contributed by atoms with Crippen LogP contribution in [0, 0.1) is 6.92 Å². The van der Waals surface area contributed by atoms with Crippen molar-refractivity contribution in [1.29, 1.82) is 0 Å². The molecule has 0 saturated heterocycles. The molecule has 0 spiro atoms. The topological polar surface area (TPSA) is 37.8 Å². The number of aryl methyl sites for hydroxylation is 1. The van der Waals surface area contributed by atoms with Crippen LogP contribution in [0.1, 0.15) is 22.3 Å². The van der Waals surface area contributed by atoms with Gasteiger partial charge < -0.3 is 5.32 Å². The Balaban J connectivity index is 2.32. The van der Waals surface area contributed by atoms with Crippen molar-refractivity contribution in [3.05, 3.63) is 45.1 Å². The fourth-order valence-electron chi connectivity index (χ4n) is 1.43. The van der Waals surface area contributed by atoms with Crippen molar-refractivity contribution in [3.8, 4) is 0 Å². The van der Waals surface area contributed by atoms with Crippen LogP contribution in [0.4, 0.5) is 0 Å². The molecule has 0 amide bonds. The molecule has 84 valence electrons. The van der Waals surface area contributed by atoms with E-state index in [4.69, 9.17) is 11.6 Å². The fraction of sp³-hybridized carbons (Fsp3) is 0.273. The molecule has 2 heterocycles. The Bertz CT molecular complexity index is 466. The van der Waals surface area contributed by atoms with Crippen molar-refractivity contribution in [2.45, 2.75) is 13.0 Å². The Labute approximate surface area is 104 Å². The Morgan fingerprint density at radius 1 is 1.31 bits per heavy atom. The summed E-state index contributed by atoms with van der Waals surface area (Å²) in [6.45, 7) is 1.97. The first-order chi connectivity index (χ1) is 7.70. The van der Waals surface area contributed by atoms with Gasteiger partial charge in [0.25, 0.3) is 0 Å². The summed E-state index contributed by atoms with van der Waals surface area (Å²) in [5.41, 5.74) is 1.06. The van der Waals surface area contributed by atoms with Gasteiger partial charge in [0, 0.05) is 17.3 Å². The summed E-state index contributed by atoms with van der Waals surface area (Å²) in [7, 11) is 1.89. The van der Waals surface area contributed by atoms with E-state index in [2.05, 4.69) is 15.3 Å². The number of rotatable bonds is 3. The molecule has 0 fully saturated rings. The number of aromatic nitrogens is 2. The van der Waals surface area contributed by atoms with Crippen molar-refractivity contribution < 1.29 is 0 Å². The molecule has 3 nitrogen and oxygen atoms in total. The summed E-state index contributed by atoms with van der Waals surface area (Å²) in [5.74, 6) is 0.770. The molecule has 5 heteroatoms. The average molecular weight is 254 g/mol. The predicted octanol–water partition coefficient (Wildman–Crippen LogP) is 2.81. The van der Waals surface area contributed by atoms with Crippen LogP contribution in [0.25, 0.3) is 0 Å². The number of nitrogens with zero attached hydrogens (tertiary/aromatic N) is 2. The molecule has 0 saturated carbocycles. The van der Waals surface area contributed by atoms with Gasteiger partial charge in [0.2, 0.25) is 0 Å². The first-order valence-electron chi connectivity index (χ1n) is 4.91. The van der Waals surface area contributed by atoms with Crippen LogP contribution in [0.2, 0.25) is 4.34 Å². The number of hydrogen-bond donors (Lipinski definition) is 1. The van der Waals surface area contributed by atoms with Crippen molar-refractivity contribution in [2.75, 3.05) is 7.05 Å². The maximum absolute atomic E-state index is 5.92. The minimum Gasteiger partial charge on any atom is -0.306 e. The normalized spacial score (nSPS) is 12.7. The molecule has 16 heavy (non-hydrogen) atoms. The van der Waals surface area contributed by atoms with Crippen LogP contribution >= 0.6 is 22.9 Å². The maximum atomic E-state index is 5.92. The first-order valence-corrected chi connectivity index (χ1v) is 6.11. The van der Waals surface area contributed by atoms with Crippen LogP contribution in [-0.2, 0) is 0 Å². The third-order valence-electron chi connectivity index (χ3n) is 2.23. The Morgan fingerprint density at radius 3 is 2.50 bits per heavy atom. The largest absolute Gasteiger partial charge is 0.306 e. The highest BCUT2D eigenvalue weighted by Crippen LogP contribution is 2.29. The molecule has 2 rings (SSSR count). The van der Waals surface area contributed by atoms with E-state index < -0.39 is 0 Å². The Hall–Kier alpha value is -0.970. The smallest absolute Gasteiger partial charge is 0.150 e. The first kappa shape index (κ1) is 11.5. The third kappa shape index (κ3) is 2.40. The third-order valence-corrected chi connectivity index (χ3v) is 3.52. The Morgan fingerprint density at radius 2 is 2.00 bits per heavy atom. The SMILES string of the molecule is CNC(c1ncc(C)cn1)c1ccc(Cl)s1. The highest BCUT2D eigenvalue weighted by Gasteiger charge is 2.16. The van der Waals surface area contributed by atoms with E-state index in [1.165, 1.54) is 0 Å². The van der Waals surface area contributed by atoms with Crippen molar-refractivity contribution in [3.63, 3.8) is 0 Å². The summed E-state index contributed by atoms with van der Waals surface area (Å²) in [6, 6.07) is 3.90. The number of thiophene rings is 1. The summed E-state index contributed by atoms with van der Waals surface area (Å²) in [6.07, 6.45) is 3.64. The van der Waals surface area contributed by atoms with Gasteiger partial charge in [-0.05, 0) is 31.7 Å². The van der Waals surface area contributed by atoms with Crippen LogP contribution in [-0.4, -0.2) is 17.0 Å². The van der Waals surface area contributed by atoms with Gasteiger partial charge >= 0.3 is 0 Å². The minimum absolute atomic E-state index is 0.0121. The van der Waals surface area contributed by atoms with E-state index in [0.717, 1.165) is 20.6 Å². The second-order valence-corrected chi connectivity index (χ2v) is 5.23. The minimum atomic E-state index is 0.0121.